The molecule has 2 aromatic rings. The van der Waals surface area contributed by atoms with Gasteiger partial charge in [0, 0.05) is 12.8 Å². The number of hydrogen-bond donors (Lipinski definition) is 1. The van der Waals surface area contributed by atoms with E-state index >= 15 is 0 Å². The van der Waals surface area contributed by atoms with Gasteiger partial charge in [-0.25, -0.2) is 9.78 Å². The predicted octanol–water partition coefficient (Wildman–Crippen LogP) is 1.88. The fourth-order valence-corrected chi connectivity index (χ4v) is 2.32. The lowest BCUT2D eigenvalue weighted by atomic mass is 10.2. The van der Waals surface area contributed by atoms with Crippen molar-refractivity contribution in [2.45, 2.75) is 12.8 Å². The Hall–Kier alpha value is -1.75. The molecule has 0 atom stereocenters. The first kappa shape index (κ1) is 10.8. The molecule has 0 radical (unpaired) electrons. The van der Waals surface area contributed by atoms with E-state index in [0.29, 0.717) is 6.42 Å². The van der Waals surface area contributed by atoms with E-state index in [1.165, 1.54) is 11.3 Å². The standard InChI is InChI=1S/C11H9NO3S/c13-8(11(14)15)5-6-10-12-7-3-1-2-4-9(7)16-10/h1-4H,5-6H2,(H,14,15). The highest BCUT2D eigenvalue weighted by molar-refractivity contribution is 7.18. The molecule has 0 saturated carbocycles. The summed E-state index contributed by atoms with van der Waals surface area (Å²) in [6.07, 6.45) is 0.402. The maximum absolute atomic E-state index is 10.9. The SMILES string of the molecule is O=C(O)C(=O)CCc1nc2ccccc2s1. The number of nitrogens with zero attached hydrogens (tertiary/aromatic N) is 1. The van der Waals surface area contributed by atoms with Crippen LogP contribution in [0.4, 0.5) is 0 Å². The van der Waals surface area contributed by atoms with Gasteiger partial charge in [0.25, 0.3) is 0 Å². The van der Waals surface area contributed by atoms with Gasteiger partial charge in [0.05, 0.1) is 15.2 Å². The Balaban J connectivity index is 2.10. The van der Waals surface area contributed by atoms with Crippen LogP contribution in [0.1, 0.15) is 11.4 Å². The van der Waals surface area contributed by atoms with Gasteiger partial charge in [0.1, 0.15) is 0 Å². The number of para-hydroxylation sites is 1. The molecule has 0 unspecified atom stereocenters. The monoisotopic (exact) mass is 235 g/mol. The molecule has 0 fully saturated rings. The number of carboxylic acid groups (broad SMARTS) is 1. The fraction of sp³-hybridized carbons (Fsp3) is 0.182. The third-order valence-corrected chi connectivity index (χ3v) is 3.24. The second kappa shape index (κ2) is 4.40. The third-order valence-electron chi connectivity index (χ3n) is 2.14. The number of thiazole rings is 1. The number of aromatic nitrogens is 1. The van der Waals surface area contributed by atoms with Gasteiger partial charge < -0.3 is 5.11 Å². The average molecular weight is 235 g/mol. The number of aryl methyl sites for hydroxylation is 1. The number of hydrogen-bond acceptors (Lipinski definition) is 4. The minimum Gasteiger partial charge on any atom is -0.476 e. The number of benzene rings is 1. The van der Waals surface area contributed by atoms with Gasteiger partial charge in [-0.1, -0.05) is 12.1 Å². The van der Waals surface area contributed by atoms with Crippen LogP contribution in [-0.4, -0.2) is 21.8 Å². The molecule has 0 aliphatic carbocycles. The zero-order valence-electron chi connectivity index (χ0n) is 8.34. The first-order valence-electron chi connectivity index (χ1n) is 4.77. The van der Waals surface area contributed by atoms with Crippen LogP contribution in [0.5, 0.6) is 0 Å². The van der Waals surface area contributed by atoms with Crippen LogP contribution in [0.25, 0.3) is 10.2 Å². The summed E-state index contributed by atoms with van der Waals surface area (Å²) in [6.45, 7) is 0. The molecule has 0 spiro atoms. The molecule has 0 aliphatic heterocycles. The van der Waals surface area contributed by atoms with E-state index in [2.05, 4.69) is 4.98 Å². The van der Waals surface area contributed by atoms with Crippen molar-refractivity contribution in [2.24, 2.45) is 0 Å². The van der Waals surface area contributed by atoms with Crippen molar-refractivity contribution < 1.29 is 14.7 Å². The minimum absolute atomic E-state index is 0.00908. The summed E-state index contributed by atoms with van der Waals surface area (Å²) in [5.74, 6) is -2.14. The second-order valence-electron chi connectivity index (χ2n) is 3.30. The summed E-state index contributed by atoms with van der Waals surface area (Å²) in [4.78, 5) is 25.6. The quantitative estimate of drug-likeness (QED) is 0.821. The van der Waals surface area contributed by atoms with Gasteiger partial charge in [0.2, 0.25) is 5.78 Å². The van der Waals surface area contributed by atoms with Crippen molar-refractivity contribution in [2.75, 3.05) is 0 Å². The largest absolute Gasteiger partial charge is 0.476 e. The normalized spacial score (nSPS) is 10.5. The zero-order chi connectivity index (χ0) is 11.5. The maximum atomic E-state index is 10.9. The summed E-state index contributed by atoms with van der Waals surface area (Å²) in [6, 6.07) is 7.67. The lowest BCUT2D eigenvalue weighted by Crippen LogP contribution is -2.12. The number of fused-ring (bicyclic) bond motifs is 1. The van der Waals surface area contributed by atoms with Crippen molar-refractivity contribution in [3.63, 3.8) is 0 Å². The van der Waals surface area contributed by atoms with Crippen LogP contribution in [0, 0.1) is 0 Å². The highest BCUT2D eigenvalue weighted by Crippen LogP contribution is 2.22. The maximum Gasteiger partial charge on any atom is 0.372 e. The summed E-state index contributed by atoms with van der Waals surface area (Å²) in [5, 5.41) is 9.23. The van der Waals surface area contributed by atoms with E-state index in [1.54, 1.807) is 0 Å². The molecule has 1 aromatic heterocycles. The highest BCUT2D eigenvalue weighted by Gasteiger charge is 2.12. The summed E-state index contributed by atoms with van der Waals surface area (Å²) in [7, 11) is 0. The van der Waals surface area contributed by atoms with Crippen LogP contribution in [-0.2, 0) is 16.0 Å². The molecular weight excluding hydrogens is 226 g/mol. The predicted molar refractivity (Wildman–Crippen MR) is 60.6 cm³/mol. The fourth-order valence-electron chi connectivity index (χ4n) is 1.35. The highest BCUT2D eigenvalue weighted by atomic mass is 32.1. The van der Waals surface area contributed by atoms with E-state index in [0.717, 1.165) is 15.2 Å². The topological polar surface area (TPSA) is 67.3 Å². The summed E-state index contributed by atoms with van der Waals surface area (Å²) >= 11 is 1.49. The lowest BCUT2D eigenvalue weighted by Gasteiger charge is -1.91. The number of rotatable bonds is 4. The Bertz CT molecular complexity index is 514. The first-order chi connectivity index (χ1) is 7.66. The van der Waals surface area contributed by atoms with Crippen molar-refractivity contribution in [1.29, 1.82) is 0 Å². The Morgan fingerprint density at radius 1 is 1.31 bits per heavy atom. The van der Waals surface area contributed by atoms with Gasteiger partial charge in [-0.3, -0.25) is 4.79 Å². The van der Waals surface area contributed by atoms with Gasteiger partial charge >= 0.3 is 5.97 Å². The van der Waals surface area contributed by atoms with Gasteiger partial charge in [-0.05, 0) is 12.1 Å². The van der Waals surface area contributed by atoms with Crippen molar-refractivity contribution in [3.05, 3.63) is 29.3 Å². The zero-order valence-corrected chi connectivity index (χ0v) is 9.16. The Labute approximate surface area is 95.6 Å². The van der Waals surface area contributed by atoms with E-state index in [1.807, 2.05) is 24.3 Å². The van der Waals surface area contributed by atoms with Gasteiger partial charge in [-0.15, -0.1) is 11.3 Å². The van der Waals surface area contributed by atoms with Crippen molar-refractivity contribution in [3.8, 4) is 0 Å². The molecule has 16 heavy (non-hydrogen) atoms. The molecule has 0 aliphatic rings. The van der Waals surface area contributed by atoms with Crippen LogP contribution in [0.3, 0.4) is 0 Å². The molecule has 1 heterocycles. The number of ketones is 1. The molecule has 1 aromatic carbocycles. The molecule has 0 saturated heterocycles. The summed E-state index contributed by atoms with van der Waals surface area (Å²) < 4.78 is 1.06. The van der Waals surface area contributed by atoms with Crippen LogP contribution in [0.2, 0.25) is 0 Å². The van der Waals surface area contributed by atoms with E-state index in [-0.39, 0.29) is 6.42 Å². The molecule has 1 N–H and O–H groups in total. The molecule has 2 rings (SSSR count). The number of aliphatic carboxylic acids is 1. The smallest absolute Gasteiger partial charge is 0.372 e. The number of carbonyl (C=O) groups excluding carboxylic acids is 1. The van der Waals surface area contributed by atoms with Crippen LogP contribution >= 0.6 is 11.3 Å². The number of Topliss-reactive ketones (excluding diaryl/α,β-unsaturated/α-hetero) is 1. The van der Waals surface area contributed by atoms with Crippen molar-refractivity contribution >= 4 is 33.3 Å². The molecule has 5 heteroatoms. The summed E-state index contributed by atoms with van der Waals surface area (Å²) in [5.41, 5.74) is 0.894. The van der Waals surface area contributed by atoms with E-state index in [9.17, 15) is 9.59 Å². The van der Waals surface area contributed by atoms with Gasteiger partial charge in [0.15, 0.2) is 0 Å². The minimum atomic E-state index is -1.37. The van der Waals surface area contributed by atoms with Crippen molar-refractivity contribution in [1.82, 2.24) is 4.98 Å². The lowest BCUT2D eigenvalue weighted by molar-refractivity contribution is -0.149. The average Bonchev–Trinajstić information content (AvgIpc) is 2.68. The van der Waals surface area contributed by atoms with Crippen LogP contribution in [0.15, 0.2) is 24.3 Å². The molecule has 0 amide bonds. The number of carbonyl (C=O) groups is 2. The Morgan fingerprint density at radius 2 is 2.06 bits per heavy atom. The molecular formula is C11H9NO3S. The van der Waals surface area contributed by atoms with Gasteiger partial charge in [-0.2, -0.15) is 0 Å². The Morgan fingerprint density at radius 3 is 2.75 bits per heavy atom. The molecule has 82 valence electrons. The van der Waals surface area contributed by atoms with E-state index in [4.69, 9.17) is 5.11 Å². The molecule has 0 bridgehead atoms. The first-order valence-corrected chi connectivity index (χ1v) is 5.59. The van der Waals surface area contributed by atoms with Crippen LogP contribution < -0.4 is 0 Å². The Kier molecular flexibility index (Phi) is 2.96. The van der Waals surface area contributed by atoms with E-state index < -0.39 is 11.8 Å². The molecule has 4 nitrogen and oxygen atoms in total. The number of carboxylic acids is 1. The third kappa shape index (κ3) is 2.25. The second-order valence-corrected chi connectivity index (χ2v) is 4.42.